The van der Waals surface area contributed by atoms with Gasteiger partial charge in [-0.25, -0.2) is 0 Å². The summed E-state index contributed by atoms with van der Waals surface area (Å²) in [6.07, 6.45) is 3.87. The molecule has 1 aromatic carbocycles. The van der Waals surface area contributed by atoms with Gasteiger partial charge in [-0.3, -0.25) is 0 Å². The first-order chi connectivity index (χ1) is 7.06. The van der Waals surface area contributed by atoms with E-state index in [1.165, 1.54) is 24.8 Å². The third kappa shape index (κ3) is 2.60. The second kappa shape index (κ2) is 3.97. The number of allylic oxidation sites excluding steroid dienone is 1. The lowest BCUT2D eigenvalue weighted by Crippen LogP contribution is -2.17. The van der Waals surface area contributed by atoms with Gasteiger partial charge < -0.3 is 0 Å². The van der Waals surface area contributed by atoms with Gasteiger partial charge in [0.1, 0.15) is 0 Å². The van der Waals surface area contributed by atoms with Crippen LogP contribution in [0.25, 0.3) is 5.57 Å². The molecule has 0 bridgehead atoms. The molecule has 1 aromatic rings. The van der Waals surface area contributed by atoms with E-state index in [1.807, 2.05) is 0 Å². The highest BCUT2D eigenvalue weighted by molar-refractivity contribution is 6.81. The minimum Gasteiger partial charge on any atom is -0.0913 e. The SMILES string of the molecule is C[Si](C)(C)/C=C1/CCCc2ccccc21. The Morgan fingerprint density at radius 1 is 1.07 bits per heavy atom. The van der Waals surface area contributed by atoms with Gasteiger partial charge in [0.2, 0.25) is 0 Å². The molecular formula is C14H20Si. The van der Waals surface area contributed by atoms with E-state index in [1.54, 1.807) is 11.1 Å². The zero-order valence-electron chi connectivity index (χ0n) is 10.0. The first-order valence-corrected chi connectivity index (χ1v) is 9.44. The van der Waals surface area contributed by atoms with E-state index in [9.17, 15) is 0 Å². The molecule has 0 atom stereocenters. The van der Waals surface area contributed by atoms with E-state index in [-0.39, 0.29) is 0 Å². The van der Waals surface area contributed by atoms with Gasteiger partial charge in [-0.05, 0) is 36.0 Å². The van der Waals surface area contributed by atoms with E-state index in [4.69, 9.17) is 0 Å². The average Bonchev–Trinajstić information content (AvgIpc) is 2.16. The summed E-state index contributed by atoms with van der Waals surface area (Å²) in [5.41, 5.74) is 7.25. The number of hydrogen-bond donors (Lipinski definition) is 0. The zero-order valence-corrected chi connectivity index (χ0v) is 11.0. The molecule has 0 fully saturated rings. The predicted molar refractivity (Wildman–Crippen MR) is 70.7 cm³/mol. The van der Waals surface area contributed by atoms with Crippen LogP contribution in [0.1, 0.15) is 24.0 Å². The molecular weight excluding hydrogens is 196 g/mol. The summed E-state index contributed by atoms with van der Waals surface area (Å²) < 4.78 is 0. The number of rotatable bonds is 1. The second-order valence-electron chi connectivity index (χ2n) is 5.55. The zero-order chi connectivity index (χ0) is 10.9. The fourth-order valence-corrected chi connectivity index (χ4v) is 3.67. The van der Waals surface area contributed by atoms with Gasteiger partial charge >= 0.3 is 0 Å². The van der Waals surface area contributed by atoms with Crippen molar-refractivity contribution in [1.82, 2.24) is 0 Å². The van der Waals surface area contributed by atoms with Crippen molar-refractivity contribution in [1.29, 1.82) is 0 Å². The Balaban J connectivity index is 2.42. The van der Waals surface area contributed by atoms with Crippen molar-refractivity contribution < 1.29 is 0 Å². The van der Waals surface area contributed by atoms with Crippen LogP contribution in [0.4, 0.5) is 0 Å². The standard InChI is InChI=1S/C14H20Si/c1-15(2,3)11-13-9-6-8-12-7-4-5-10-14(12)13/h4-5,7,10-11H,6,8-9H2,1-3H3/b13-11-. The molecule has 0 saturated heterocycles. The largest absolute Gasteiger partial charge is 0.0913 e. The van der Waals surface area contributed by atoms with Gasteiger partial charge in [-0.15, -0.1) is 0 Å². The van der Waals surface area contributed by atoms with Gasteiger partial charge in [0.05, 0.1) is 8.07 Å². The van der Waals surface area contributed by atoms with Crippen LogP contribution in [0.2, 0.25) is 19.6 Å². The highest BCUT2D eigenvalue weighted by Gasteiger charge is 2.17. The summed E-state index contributed by atoms with van der Waals surface area (Å²) in [4.78, 5) is 0. The van der Waals surface area contributed by atoms with E-state index in [0.29, 0.717) is 0 Å². The molecule has 0 aliphatic heterocycles. The van der Waals surface area contributed by atoms with E-state index >= 15 is 0 Å². The van der Waals surface area contributed by atoms with Crippen LogP contribution in [0.15, 0.2) is 30.0 Å². The lowest BCUT2D eigenvalue weighted by molar-refractivity contribution is 0.822. The maximum atomic E-state index is 2.57. The first kappa shape index (κ1) is 10.7. The summed E-state index contributed by atoms with van der Waals surface area (Å²) in [6, 6.07) is 8.91. The average molecular weight is 216 g/mol. The molecule has 0 spiro atoms. The van der Waals surface area contributed by atoms with E-state index < -0.39 is 8.07 Å². The third-order valence-corrected chi connectivity index (χ3v) is 4.08. The predicted octanol–water partition coefficient (Wildman–Crippen LogP) is 4.28. The highest BCUT2D eigenvalue weighted by atomic mass is 28.3. The number of benzene rings is 1. The molecule has 0 radical (unpaired) electrons. The minimum atomic E-state index is -1.08. The monoisotopic (exact) mass is 216 g/mol. The van der Waals surface area contributed by atoms with Crippen LogP contribution in [-0.2, 0) is 6.42 Å². The molecule has 0 unspecified atom stereocenters. The Morgan fingerprint density at radius 2 is 1.80 bits per heavy atom. The van der Waals surface area contributed by atoms with Gasteiger partial charge in [0.15, 0.2) is 0 Å². The van der Waals surface area contributed by atoms with Crippen LogP contribution in [0, 0.1) is 0 Å². The lowest BCUT2D eigenvalue weighted by Gasteiger charge is -2.22. The topological polar surface area (TPSA) is 0 Å². The minimum absolute atomic E-state index is 1.08. The molecule has 0 saturated carbocycles. The van der Waals surface area contributed by atoms with Crippen LogP contribution < -0.4 is 0 Å². The van der Waals surface area contributed by atoms with Crippen molar-refractivity contribution >= 4 is 13.6 Å². The van der Waals surface area contributed by atoms with E-state index in [0.717, 1.165) is 0 Å². The summed E-state index contributed by atoms with van der Waals surface area (Å²) in [6.45, 7) is 7.24. The Morgan fingerprint density at radius 3 is 2.53 bits per heavy atom. The summed E-state index contributed by atoms with van der Waals surface area (Å²) in [5.74, 6) is 0. The molecule has 2 rings (SSSR count). The maximum Gasteiger partial charge on any atom is 0.0690 e. The van der Waals surface area contributed by atoms with Gasteiger partial charge in [0.25, 0.3) is 0 Å². The Kier molecular flexibility index (Phi) is 2.83. The fourth-order valence-electron chi connectivity index (χ4n) is 2.33. The fraction of sp³-hybridized carbons (Fsp3) is 0.429. The normalized spacial score (nSPS) is 19.0. The second-order valence-corrected chi connectivity index (χ2v) is 10.6. The van der Waals surface area contributed by atoms with Crippen LogP contribution in [0.5, 0.6) is 0 Å². The molecule has 0 aromatic heterocycles. The first-order valence-electron chi connectivity index (χ1n) is 5.86. The molecule has 0 N–H and O–H groups in total. The van der Waals surface area contributed by atoms with Crippen molar-refractivity contribution in [3.05, 3.63) is 41.1 Å². The summed E-state index contributed by atoms with van der Waals surface area (Å²) >= 11 is 0. The van der Waals surface area contributed by atoms with Crippen molar-refractivity contribution in [3.63, 3.8) is 0 Å². The molecule has 1 aliphatic carbocycles. The van der Waals surface area contributed by atoms with Crippen molar-refractivity contribution in [2.45, 2.75) is 38.9 Å². The lowest BCUT2D eigenvalue weighted by atomic mass is 9.88. The number of hydrogen-bond acceptors (Lipinski definition) is 0. The van der Waals surface area contributed by atoms with Gasteiger partial charge in [-0.2, -0.15) is 0 Å². The van der Waals surface area contributed by atoms with E-state index in [2.05, 4.69) is 49.6 Å². The summed E-state index contributed by atoms with van der Waals surface area (Å²) in [7, 11) is -1.08. The highest BCUT2D eigenvalue weighted by Crippen LogP contribution is 2.31. The molecule has 0 nitrogen and oxygen atoms in total. The van der Waals surface area contributed by atoms with Crippen molar-refractivity contribution in [2.75, 3.05) is 0 Å². The summed E-state index contributed by atoms with van der Waals surface area (Å²) in [5, 5.41) is 0. The molecule has 1 heteroatoms. The molecule has 0 heterocycles. The van der Waals surface area contributed by atoms with Crippen molar-refractivity contribution in [2.24, 2.45) is 0 Å². The smallest absolute Gasteiger partial charge is 0.0690 e. The molecule has 1 aliphatic rings. The van der Waals surface area contributed by atoms with Crippen LogP contribution in [-0.4, -0.2) is 8.07 Å². The quantitative estimate of drug-likeness (QED) is 0.615. The number of aryl methyl sites for hydroxylation is 1. The van der Waals surface area contributed by atoms with Gasteiger partial charge in [0, 0.05) is 0 Å². The van der Waals surface area contributed by atoms with Crippen molar-refractivity contribution in [3.8, 4) is 0 Å². The maximum absolute atomic E-state index is 2.57. The van der Waals surface area contributed by atoms with Crippen LogP contribution in [0.3, 0.4) is 0 Å². The Bertz CT molecular complexity index is 383. The Hall–Kier alpha value is -0.823. The van der Waals surface area contributed by atoms with Crippen LogP contribution >= 0.6 is 0 Å². The third-order valence-electron chi connectivity index (χ3n) is 2.86. The molecule has 15 heavy (non-hydrogen) atoms. The van der Waals surface area contributed by atoms with Gasteiger partial charge in [-0.1, -0.05) is 49.6 Å². The molecule has 0 amide bonds. The number of fused-ring (bicyclic) bond motifs is 1. The molecule has 80 valence electrons. The Labute approximate surface area is 94.0 Å².